The lowest BCUT2D eigenvalue weighted by Crippen LogP contribution is -2.37. The third kappa shape index (κ3) is 7.16. The molecule has 6 heteroatoms. The van der Waals surface area contributed by atoms with Crippen LogP contribution in [-0.2, 0) is 32.9 Å². The second kappa shape index (κ2) is 12.8. The summed E-state index contributed by atoms with van der Waals surface area (Å²) >= 11 is 0. The second-order valence-corrected chi connectivity index (χ2v) is 6.41. The number of hydrogen-bond acceptors (Lipinski definition) is 2. The maximum Gasteiger partial charge on any atom is 0.191 e. The van der Waals surface area contributed by atoms with Crippen LogP contribution in [0.1, 0.15) is 49.7 Å². The monoisotopic (exact) mass is 483 g/mol. The highest BCUT2D eigenvalue weighted by Gasteiger charge is 2.13. The standard InChI is InChI=1S/C21H33N5.HI/c1-5-19-18(20(6-2)26(4)25-19)16-24-21(22-7-3)23-15-11-14-17-12-9-8-10-13-17;/h8-10,12-13H,5-7,11,14-16H2,1-4H3,(H2,22,23,24);1H. The number of halogens is 1. The van der Waals surface area contributed by atoms with E-state index in [-0.39, 0.29) is 24.0 Å². The fourth-order valence-electron chi connectivity index (χ4n) is 3.22. The molecule has 0 aliphatic heterocycles. The maximum absolute atomic E-state index is 4.80. The molecule has 2 N–H and O–H groups in total. The van der Waals surface area contributed by atoms with Gasteiger partial charge in [-0.2, -0.15) is 5.10 Å². The number of aliphatic imine (C=N–C) groups is 1. The van der Waals surface area contributed by atoms with Crippen molar-refractivity contribution in [2.24, 2.45) is 12.0 Å². The zero-order valence-electron chi connectivity index (χ0n) is 17.1. The molecule has 0 radical (unpaired) electrons. The maximum atomic E-state index is 4.80. The number of nitrogens with one attached hydrogen (secondary N) is 2. The summed E-state index contributed by atoms with van der Waals surface area (Å²) in [7, 11) is 2.03. The van der Waals surface area contributed by atoms with Crippen molar-refractivity contribution in [3.63, 3.8) is 0 Å². The molecule has 1 aromatic heterocycles. The number of nitrogens with zero attached hydrogens (tertiary/aromatic N) is 3. The van der Waals surface area contributed by atoms with E-state index < -0.39 is 0 Å². The van der Waals surface area contributed by atoms with Crippen molar-refractivity contribution in [1.82, 2.24) is 20.4 Å². The van der Waals surface area contributed by atoms with E-state index in [0.717, 1.165) is 50.4 Å². The number of aryl methyl sites for hydroxylation is 3. The van der Waals surface area contributed by atoms with Gasteiger partial charge >= 0.3 is 0 Å². The fourth-order valence-corrected chi connectivity index (χ4v) is 3.22. The lowest BCUT2D eigenvalue weighted by Gasteiger charge is -2.12. The van der Waals surface area contributed by atoms with E-state index in [1.165, 1.54) is 16.8 Å². The van der Waals surface area contributed by atoms with Gasteiger partial charge in [0.05, 0.1) is 12.2 Å². The van der Waals surface area contributed by atoms with Crippen molar-refractivity contribution in [3.8, 4) is 0 Å². The molecule has 0 saturated carbocycles. The van der Waals surface area contributed by atoms with Crippen LogP contribution in [0.2, 0.25) is 0 Å². The van der Waals surface area contributed by atoms with Crippen molar-refractivity contribution >= 4 is 29.9 Å². The first-order valence-corrected chi connectivity index (χ1v) is 9.79. The summed E-state index contributed by atoms with van der Waals surface area (Å²) in [4.78, 5) is 4.80. The molecule has 2 rings (SSSR count). The summed E-state index contributed by atoms with van der Waals surface area (Å²) in [6, 6.07) is 10.6. The summed E-state index contributed by atoms with van der Waals surface area (Å²) in [5, 5.41) is 11.4. The van der Waals surface area contributed by atoms with Gasteiger partial charge in [0, 0.05) is 31.4 Å². The first kappa shape index (κ1) is 23.5. The summed E-state index contributed by atoms with van der Waals surface area (Å²) in [5.41, 5.74) is 5.10. The minimum atomic E-state index is 0. The van der Waals surface area contributed by atoms with Crippen LogP contribution in [0.15, 0.2) is 35.3 Å². The van der Waals surface area contributed by atoms with Gasteiger partial charge < -0.3 is 10.6 Å². The Morgan fingerprint density at radius 3 is 2.44 bits per heavy atom. The number of aromatic nitrogens is 2. The van der Waals surface area contributed by atoms with Gasteiger partial charge in [-0.3, -0.25) is 4.68 Å². The molecule has 0 aliphatic carbocycles. The van der Waals surface area contributed by atoms with E-state index >= 15 is 0 Å². The van der Waals surface area contributed by atoms with Crippen LogP contribution >= 0.6 is 24.0 Å². The van der Waals surface area contributed by atoms with Crippen LogP contribution in [0, 0.1) is 0 Å². The van der Waals surface area contributed by atoms with Gasteiger partial charge in [0.1, 0.15) is 0 Å². The minimum Gasteiger partial charge on any atom is -0.357 e. The Morgan fingerprint density at radius 2 is 1.81 bits per heavy atom. The van der Waals surface area contributed by atoms with Crippen molar-refractivity contribution in [2.75, 3.05) is 13.1 Å². The highest BCUT2D eigenvalue weighted by Crippen LogP contribution is 2.16. The van der Waals surface area contributed by atoms with E-state index in [4.69, 9.17) is 4.99 Å². The predicted octanol–water partition coefficient (Wildman–Crippen LogP) is 3.85. The molecule has 0 bridgehead atoms. The average molecular weight is 483 g/mol. The van der Waals surface area contributed by atoms with Gasteiger partial charge in [-0.15, -0.1) is 24.0 Å². The number of rotatable bonds is 9. The fraction of sp³-hybridized carbons (Fsp3) is 0.524. The summed E-state index contributed by atoms with van der Waals surface area (Å²) in [5.74, 6) is 0.883. The molecule has 0 fully saturated rings. The van der Waals surface area contributed by atoms with Crippen LogP contribution in [0.5, 0.6) is 0 Å². The average Bonchev–Trinajstić information content (AvgIpc) is 2.98. The van der Waals surface area contributed by atoms with E-state index in [0.29, 0.717) is 6.54 Å². The summed E-state index contributed by atoms with van der Waals surface area (Å²) in [6.45, 7) is 8.88. The van der Waals surface area contributed by atoms with Crippen LogP contribution in [0.3, 0.4) is 0 Å². The molecule has 2 aromatic rings. The van der Waals surface area contributed by atoms with Crippen LogP contribution < -0.4 is 10.6 Å². The topological polar surface area (TPSA) is 54.2 Å². The Morgan fingerprint density at radius 1 is 1.07 bits per heavy atom. The van der Waals surface area contributed by atoms with Gasteiger partial charge in [-0.1, -0.05) is 44.2 Å². The van der Waals surface area contributed by atoms with Crippen molar-refractivity contribution in [1.29, 1.82) is 0 Å². The molecular formula is C21H34IN5. The van der Waals surface area contributed by atoms with Crippen LogP contribution in [0.4, 0.5) is 0 Å². The summed E-state index contributed by atoms with van der Waals surface area (Å²) in [6.07, 6.45) is 4.09. The largest absolute Gasteiger partial charge is 0.357 e. The lowest BCUT2D eigenvalue weighted by atomic mass is 10.1. The van der Waals surface area contributed by atoms with E-state index in [1.54, 1.807) is 0 Å². The Balaban J connectivity index is 0.00000364. The number of hydrogen-bond donors (Lipinski definition) is 2. The zero-order valence-corrected chi connectivity index (χ0v) is 19.4. The molecule has 150 valence electrons. The van der Waals surface area contributed by atoms with Gasteiger partial charge in [0.15, 0.2) is 5.96 Å². The molecule has 0 unspecified atom stereocenters. The van der Waals surface area contributed by atoms with Crippen molar-refractivity contribution < 1.29 is 0 Å². The van der Waals surface area contributed by atoms with Gasteiger partial charge in [0.25, 0.3) is 0 Å². The van der Waals surface area contributed by atoms with E-state index in [9.17, 15) is 0 Å². The smallest absolute Gasteiger partial charge is 0.191 e. The molecule has 0 amide bonds. The molecule has 1 aromatic carbocycles. The molecule has 0 atom stereocenters. The number of benzene rings is 1. The second-order valence-electron chi connectivity index (χ2n) is 6.41. The molecule has 1 heterocycles. The molecule has 0 spiro atoms. The predicted molar refractivity (Wildman–Crippen MR) is 125 cm³/mol. The minimum absolute atomic E-state index is 0. The SMILES string of the molecule is CCNC(=NCc1c(CC)nn(C)c1CC)NCCCc1ccccc1.I. The highest BCUT2D eigenvalue weighted by molar-refractivity contribution is 14.0. The van der Waals surface area contributed by atoms with Gasteiger partial charge in [0.2, 0.25) is 0 Å². The van der Waals surface area contributed by atoms with Crippen molar-refractivity contribution in [3.05, 3.63) is 52.8 Å². The molecule has 27 heavy (non-hydrogen) atoms. The van der Waals surface area contributed by atoms with Crippen molar-refractivity contribution in [2.45, 2.75) is 53.0 Å². The van der Waals surface area contributed by atoms with E-state index in [1.807, 2.05) is 11.7 Å². The highest BCUT2D eigenvalue weighted by atomic mass is 127. The Hall–Kier alpha value is -1.57. The zero-order chi connectivity index (χ0) is 18.8. The lowest BCUT2D eigenvalue weighted by molar-refractivity contribution is 0.703. The van der Waals surface area contributed by atoms with Crippen LogP contribution in [-0.4, -0.2) is 28.8 Å². The third-order valence-electron chi connectivity index (χ3n) is 4.54. The molecule has 5 nitrogen and oxygen atoms in total. The van der Waals surface area contributed by atoms with Gasteiger partial charge in [-0.25, -0.2) is 4.99 Å². The first-order valence-electron chi connectivity index (χ1n) is 9.79. The summed E-state index contributed by atoms with van der Waals surface area (Å²) < 4.78 is 2.00. The molecule has 0 saturated heterocycles. The Bertz CT molecular complexity index is 694. The van der Waals surface area contributed by atoms with Gasteiger partial charge in [-0.05, 0) is 38.2 Å². The molecular weight excluding hydrogens is 449 g/mol. The first-order chi connectivity index (χ1) is 12.7. The third-order valence-corrected chi connectivity index (χ3v) is 4.54. The Kier molecular flexibility index (Phi) is 11.1. The quantitative estimate of drug-likeness (QED) is 0.247. The van der Waals surface area contributed by atoms with E-state index in [2.05, 4.69) is 66.8 Å². The van der Waals surface area contributed by atoms with Crippen LogP contribution in [0.25, 0.3) is 0 Å². The molecule has 0 aliphatic rings. The Labute approximate surface area is 181 Å². The number of guanidine groups is 1. The normalized spacial score (nSPS) is 11.2.